The monoisotopic (exact) mass is 219 g/mol. The van der Waals surface area contributed by atoms with Crippen LogP contribution in [0.2, 0.25) is 0 Å². The van der Waals surface area contributed by atoms with Gasteiger partial charge in [0.1, 0.15) is 0 Å². The van der Waals surface area contributed by atoms with Gasteiger partial charge in [-0.15, -0.1) is 0 Å². The largest absolute Gasteiger partial charge is 0.396 e. The van der Waals surface area contributed by atoms with E-state index < -0.39 is 0 Å². The number of nitrogens with zero attached hydrogens (tertiary/aromatic N) is 1. The van der Waals surface area contributed by atoms with Crippen molar-refractivity contribution in [2.45, 2.75) is 25.7 Å². The second-order valence-corrected chi connectivity index (χ2v) is 4.10. The van der Waals surface area contributed by atoms with Crippen molar-refractivity contribution in [1.29, 1.82) is 0 Å². The molecule has 1 aromatic carbocycles. The number of para-hydroxylation sites is 1. The van der Waals surface area contributed by atoms with Gasteiger partial charge < -0.3 is 10.0 Å². The van der Waals surface area contributed by atoms with Crippen LogP contribution in [0.5, 0.6) is 0 Å². The van der Waals surface area contributed by atoms with Crippen molar-refractivity contribution in [3.8, 4) is 0 Å². The molecule has 0 aliphatic carbocycles. The lowest BCUT2D eigenvalue weighted by molar-refractivity contribution is -0.118. The molecule has 16 heavy (non-hydrogen) atoms. The lowest BCUT2D eigenvalue weighted by Gasteiger charge is -2.16. The fraction of sp³-hybridized carbons (Fsp3) is 0.462. The first-order chi connectivity index (χ1) is 7.83. The van der Waals surface area contributed by atoms with Gasteiger partial charge in [-0.1, -0.05) is 18.2 Å². The van der Waals surface area contributed by atoms with Gasteiger partial charge in [-0.05, 0) is 30.9 Å². The van der Waals surface area contributed by atoms with E-state index in [1.54, 1.807) is 0 Å². The maximum atomic E-state index is 11.9. The zero-order chi connectivity index (χ0) is 11.4. The quantitative estimate of drug-likeness (QED) is 0.784. The summed E-state index contributed by atoms with van der Waals surface area (Å²) < 4.78 is 0. The fourth-order valence-corrected chi connectivity index (χ4v) is 2.12. The molecule has 2 rings (SSSR count). The van der Waals surface area contributed by atoms with E-state index in [1.807, 2.05) is 23.1 Å². The Morgan fingerprint density at radius 1 is 1.31 bits per heavy atom. The number of aliphatic hydroxyl groups is 1. The Balaban J connectivity index is 1.99. The summed E-state index contributed by atoms with van der Waals surface area (Å²) in [4.78, 5) is 13.8. The Kier molecular flexibility index (Phi) is 3.57. The Hall–Kier alpha value is -1.35. The number of rotatable bonds is 4. The molecule has 1 aliphatic heterocycles. The highest BCUT2D eigenvalue weighted by Crippen LogP contribution is 2.28. The molecule has 0 atom stereocenters. The third-order valence-electron chi connectivity index (χ3n) is 2.99. The molecule has 0 saturated carbocycles. The van der Waals surface area contributed by atoms with E-state index in [9.17, 15) is 4.79 Å². The third-order valence-corrected chi connectivity index (χ3v) is 2.99. The van der Waals surface area contributed by atoms with Gasteiger partial charge in [0.05, 0.1) is 0 Å². The summed E-state index contributed by atoms with van der Waals surface area (Å²) in [5.41, 5.74) is 2.33. The predicted octanol–water partition coefficient (Wildman–Crippen LogP) is 1.74. The number of fused-ring (bicyclic) bond motifs is 1. The topological polar surface area (TPSA) is 40.5 Å². The molecule has 1 heterocycles. The minimum Gasteiger partial charge on any atom is -0.396 e. The van der Waals surface area contributed by atoms with Crippen LogP contribution in [0.15, 0.2) is 24.3 Å². The lowest BCUT2D eigenvalue weighted by atomic mass is 10.2. The molecule has 3 nitrogen and oxygen atoms in total. The summed E-state index contributed by atoms with van der Waals surface area (Å²) in [5.74, 6) is 0.179. The van der Waals surface area contributed by atoms with Crippen LogP contribution >= 0.6 is 0 Å². The van der Waals surface area contributed by atoms with Gasteiger partial charge in [-0.25, -0.2) is 0 Å². The maximum absolute atomic E-state index is 11.9. The van der Waals surface area contributed by atoms with E-state index in [0.29, 0.717) is 12.8 Å². The number of anilines is 1. The first-order valence-corrected chi connectivity index (χ1v) is 5.82. The van der Waals surface area contributed by atoms with E-state index in [1.165, 1.54) is 5.56 Å². The molecule has 1 aliphatic rings. The van der Waals surface area contributed by atoms with Crippen molar-refractivity contribution in [1.82, 2.24) is 0 Å². The summed E-state index contributed by atoms with van der Waals surface area (Å²) >= 11 is 0. The summed E-state index contributed by atoms with van der Waals surface area (Å²) in [6.07, 6.45) is 2.98. The predicted molar refractivity (Wildman–Crippen MR) is 63.4 cm³/mol. The molecule has 0 unspecified atom stereocenters. The van der Waals surface area contributed by atoms with E-state index in [0.717, 1.165) is 25.1 Å². The lowest BCUT2D eigenvalue weighted by Crippen LogP contribution is -2.28. The Labute approximate surface area is 95.7 Å². The van der Waals surface area contributed by atoms with Crippen LogP contribution in [0, 0.1) is 0 Å². The van der Waals surface area contributed by atoms with Crippen LogP contribution in [-0.4, -0.2) is 24.2 Å². The first-order valence-electron chi connectivity index (χ1n) is 5.82. The Morgan fingerprint density at radius 3 is 2.94 bits per heavy atom. The zero-order valence-electron chi connectivity index (χ0n) is 9.35. The first kappa shape index (κ1) is 11.1. The molecule has 0 saturated heterocycles. The standard InChI is InChI=1S/C13H17NO2/c15-10-4-3-7-13(16)14-9-8-11-5-1-2-6-12(11)14/h1-2,5-6,15H,3-4,7-10H2. The molecule has 3 heteroatoms. The van der Waals surface area contributed by atoms with Crippen molar-refractivity contribution in [3.05, 3.63) is 29.8 Å². The number of hydrogen-bond donors (Lipinski definition) is 1. The highest BCUT2D eigenvalue weighted by Gasteiger charge is 2.23. The number of carbonyl (C=O) groups is 1. The van der Waals surface area contributed by atoms with E-state index in [-0.39, 0.29) is 12.5 Å². The second-order valence-electron chi connectivity index (χ2n) is 4.10. The van der Waals surface area contributed by atoms with Crippen LogP contribution in [0.4, 0.5) is 5.69 Å². The maximum Gasteiger partial charge on any atom is 0.226 e. The van der Waals surface area contributed by atoms with Crippen molar-refractivity contribution in [2.24, 2.45) is 0 Å². The second kappa shape index (κ2) is 5.12. The van der Waals surface area contributed by atoms with Crippen molar-refractivity contribution in [2.75, 3.05) is 18.1 Å². The Morgan fingerprint density at radius 2 is 2.12 bits per heavy atom. The summed E-state index contributed by atoms with van der Waals surface area (Å²) in [6.45, 7) is 0.973. The Bertz CT molecular complexity index is 376. The highest BCUT2D eigenvalue weighted by atomic mass is 16.3. The van der Waals surface area contributed by atoms with E-state index in [4.69, 9.17) is 5.11 Å². The average molecular weight is 219 g/mol. The minimum atomic E-state index is 0.171. The molecule has 0 fully saturated rings. The van der Waals surface area contributed by atoms with Crippen molar-refractivity contribution >= 4 is 11.6 Å². The number of unbranched alkanes of at least 4 members (excludes halogenated alkanes) is 1. The molecule has 1 amide bonds. The van der Waals surface area contributed by atoms with Gasteiger partial charge >= 0.3 is 0 Å². The number of carbonyl (C=O) groups excluding carboxylic acids is 1. The van der Waals surface area contributed by atoms with Gasteiger partial charge in [0.25, 0.3) is 0 Å². The van der Waals surface area contributed by atoms with Gasteiger partial charge in [0.2, 0.25) is 5.91 Å². The fourth-order valence-electron chi connectivity index (χ4n) is 2.12. The van der Waals surface area contributed by atoms with Gasteiger partial charge in [-0.3, -0.25) is 4.79 Å². The normalized spacial score (nSPS) is 13.9. The minimum absolute atomic E-state index is 0.171. The number of hydrogen-bond acceptors (Lipinski definition) is 2. The van der Waals surface area contributed by atoms with E-state index in [2.05, 4.69) is 6.07 Å². The number of benzene rings is 1. The number of amides is 1. The molecule has 0 radical (unpaired) electrons. The summed E-state index contributed by atoms with van der Waals surface area (Å²) in [5, 5.41) is 8.68. The van der Waals surface area contributed by atoms with Crippen LogP contribution in [0.1, 0.15) is 24.8 Å². The smallest absolute Gasteiger partial charge is 0.226 e. The molecule has 1 aromatic rings. The third kappa shape index (κ3) is 2.25. The summed E-state index contributed by atoms with van der Waals surface area (Å²) in [6, 6.07) is 8.07. The van der Waals surface area contributed by atoms with Crippen LogP contribution in [-0.2, 0) is 11.2 Å². The van der Waals surface area contributed by atoms with Gasteiger partial charge in [0, 0.05) is 25.3 Å². The zero-order valence-corrected chi connectivity index (χ0v) is 9.35. The van der Waals surface area contributed by atoms with Crippen LogP contribution < -0.4 is 4.90 Å². The van der Waals surface area contributed by atoms with Crippen molar-refractivity contribution in [3.63, 3.8) is 0 Å². The summed E-state index contributed by atoms with van der Waals surface area (Å²) in [7, 11) is 0. The molecule has 86 valence electrons. The highest BCUT2D eigenvalue weighted by molar-refractivity contribution is 5.95. The molecular formula is C13H17NO2. The SMILES string of the molecule is O=C(CCCCO)N1CCc2ccccc21. The van der Waals surface area contributed by atoms with Gasteiger partial charge in [-0.2, -0.15) is 0 Å². The van der Waals surface area contributed by atoms with Crippen LogP contribution in [0.25, 0.3) is 0 Å². The average Bonchev–Trinajstić information content (AvgIpc) is 2.73. The van der Waals surface area contributed by atoms with Crippen LogP contribution in [0.3, 0.4) is 0 Å². The van der Waals surface area contributed by atoms with E-state index >= 15 is 0 Å². The molecule has 0 bridgehead atoms. The van der Waals surface area contributed by atoms with Crippen molar-refractivity contribution < 1.29 is 9.90 Å². The molecular weight excluding hydrogens is 202 g/mol. The molecule has 0 aromatic heterocycles. The molecule has 1 N–H and O–H groups in total. The number of aliphatic hydroxyl groups excluding tert-OH is 1. The molecule has 0 spiro atoms. The van der Waals surface area contributed by atoms with Gasteiger partial charge in [0.15, 0.2) is 0 Å².